The van der Waals surface area contributed by atoms with Gasteiger partial charge in [0.05, 0.1) is 0 Å². The van der Waals surface area contributed by atoms with E-state index in [1.165, 1.54) is 0 Å². The Bertz CT molecular complexity index is 142. The first kappa shape index (κ1) is 14.6. The maximum Gasteiger partial charge on any atom is 0.331 e. The Labute approximate surface area is 80.8 Å². The highest BCUT2D eigenvalue weighted by Gasteiger charge is 1.93. The molecule has 0 amide bonds. The van der Waals surface area contributed by atoms with E-state index in [-0.39, 0.29) is 5.97 Å². The van der Waals surface area contributed by atoms with Gasteiger partial charge in [-0.3, -0.25) is 4.90 Å². The second-order valence-corrected chi connectivity index (χ2v) is 3.22. The van der Waals surface area contributed by atoms with Crippen LogP contribution in [0.2, 0.25) is 0 Å². The summed E-state index contributed by atoms with van der Waals surface area (Å²) in [6.45, 7) is 3.56. The first-order valence-corrected chi connectivity index (χ1v) is 3.95. The molecule has 0 bridgehead atoms. The van der Waals surface area contributed by atoms with Crippen LogP contribution < -0.4 is 0 Å². The molecular formula is C9H20N2O2. The van der Waals surface area contributed by atoms with Gasteiger partial charge in [-0.05, 0) is 35.2 Å². The number of carbonyl (C=O) groups is 1. The van der Waals surface area contributed by atoms with Crippen LogP contribution in [0.1, 0.15) is 0 Å². The van der Waals surface area contributed by atoms with Gasteiger partial charge < -0.3 is 9.64 Å². The first-order chi connectivity index (χ1) is 5.90. The van der Waals surface area contributed by atoms with E-state index >= 15 is 0 Å². The normalized spacial score (nSPS) is 9.15. The molecule has 0 fully saturated rings. The number of esters is 1. The van der Waals surface area contributed by atoms with Crippen molar-refractivity contribution in [2.24, 2.45) is 0 Å². The Morgan fingerprint density at radius 1 is 1.31 bits per heavy atom. The zero-order chi connectivity index (χ0) is 10.9. The molecule has 0 radical (unpaired) electrons. The Morgan fingerprint density at radius 3 is 1.92 bits per heavy atom. The Balaban J connectivity index is 0. The van der Waals surface area contributed by atoms with E-state index in [0.717, 1.165) is 6.08 Å². The fourth-order valence-electron chi connectivity index (χ4n) is 0.252. The summed E-state index contributed by atoms with van der Waals surface area (Å²) in [5, 5.41) is 0. The van der Waals surface area contributed by atoms with Crippen molar-refractivity contribution in [3.63, 3.8) is 0 Å². The summed E-state index contributed by atoms with van der Waals surface area (Å²) < 4.78 is 4.62. The standard InChI is InChI=1S/C6H11NO2.C3H9N/c1-4-6(8)9-5-7(2)3;1-4(2)3/h4H,1,5H2,2-3H3;1-3H3. The predicted molar refractivity (Wildman–Crippen MR) is 54.5 cm³/mol. The van der Waals surface area contributed by atoms with Crippen LogP contribution in [0, 0.1) is 0 Å². The quantitative estimate of drug-likeness (QED) is 0.365. The summed E-state index contributed by atoms with van der Waals surface area (Å²) in [7, 11) is 9.63. The molecule has 0 saturated heterocycles. The van der Waals surface area contributed by atoms with E-state index in [1.54, 1.807) is 4.90 Å². The summed E-state index contributed by atoms with van der Waals surface area (Å²) >= 11 is 0. The summed E-state index contributed by atoms with van der Waals surface area (Å²) in [6, 6.07) is 0. The van der Waals surface area contributed by atoms with Gasteiger partial charge in [0, 0.05) is 6.08 Å². The van der Waals surface area contributed by atoms with E-state index in [1.807, 2.05) is 40.1 Å². The smallest absolute Gasteiger partial charge is 0.331 e. The van der Waals surface area contributed by atoms with Crippen molar-refractivity contribution in [1.82, 2.24) is 9.80 Å². The second kappa shape index (κ2) is 9.22. The minimum Gasteiger partial charge on any atom is -0.446 e. The van der Waals surface area contributed by atoms with Crippen molar-refractivity contribution in [1.29, 1.82) is 0 Å². The Hall–Kier alpha value is -0.870. The number of hydrogen-bond donors (Lipinski definition) is 0. The lowest BCUT2D eigenvalue weighted by Crippen LogP contribution is -2.18. The molecule has 4 nitrogen and oxygen atoms in total. The van der Waals surface area contributed by atoms with Crippen molar-refractivity contribution in [3.8, 4) is 0 Å². The molecule has 0 spiro atoms. The lowest BCUT2D eigenvalue weighted by Gasteiger charge is -2.07. The molecule has 0 aromatic carbocycles. The van der Waals surface area contributed by atoms with Crippen molar-refractivity contribution in [3.05, 3.63) is 12.7 Å². The molecule has 4 heteroatoms. The first-order valence-electron chi connectivity index (χ1n) is 3.95. The monoisotopic (exact) mass is 188 g/mol. The number of ether oxygens (including phenoxy) is 1. The average molecular weight is 188 g/mol. The van der Waals surface area contributed by atoms with Crippen LogP contribution in [-0.4, -0.2) is 57.7 Å². The highest BCUT2D eigenvalue weighted by Crippen LogP contribution is 1.80. The third-order valence-corrected chi connectivity index (χ3v) is 0.632. The van der Waals surface area contributed by atoms with Crippen LogP contribution >= 0.6 is 0 Å². The molecule has 0 saturated carbocycles. The molecule has 0 rings (SSSR count). The zero-order valence-electron chi connectivity index (χ0n) is 9.20. The summed E-state index contributed by atoms with van der Waals surface area (Å²) in [6.07, 6.45) is 1.14. The summed E-state index contributed by atoms with van der Waals surface area (Å²) in [4.78, 5) is 14.1. The lowest BCUT2D eigenvalue weighted by molar-refractivity contribution is -0.141. The molecule has 0 N–H and O–H groups in total. The van der Waals surface area contributed by atoms with Crippen LogP contribution in [-0.2, 0) is 9.53 Å². The Morgan fingerprint density at radius 2 is 1.69 bits per heavy atom. The number of nitrogens with zero attached hydrogens (tertiary/aromatic N) is 2. The Kier molecular flexibility index (Phi) is 10.4. The predicted octanol–water partition coefficient (Wildman–Crippen LogP) is 0.413. The highest BCUT2D eigenvalue weighted by molar-refractivity contribution is 5.81. The van der Waals surface area contributed by atoms with Gasteiger partial charge in [0.25, 0.3) is 0 Å². The topological polar surface area (TPSA) is 32.8 Å². The van der Waals surface area contributed by atoms with Crippen LogP contribution in [0.3, 0.4) is 0 Å². The van der Waals surface area contributed by atoms with Crippen molar-refractivity contribution >= 4 is 5.97 Å². The molecule has 0 atom stereocenters. The van der Waals surface area contributed by atoms with Gasteiger partial charge in [0.2, 0.25) is 0 Å². The third kappa shape index (κ3) is 24.7. The van der Waals surface area contributed by atoms with E-state index < -0.39 is 0 Å². The zero-order valence-corrected chi connectivity index (χ0v) is 9.20. The van der Waals surface area contributed by atoms with Gasteiger partial charge in [-0.1, -0.05) is 6.58 Å². The minimum atomic E-state index is -0.385. The average Bonchev–Trinajstić information content (AvgIpc) is 1.99. The SMILES string of the molecule is C=CC(=O)OCN(C)C.CN(C)C. The van der Waals surface area contributed by atoms with E-state index in [4.69, 9.17) is 0 Å². The number of hydrogen-bond acceptors (Lipinski definition) is 4. The van der Waals surface area contributed by atoms with E-state index in [9.17, 15) is 4.79 Å². The van der Waals surface area contributed by atoms with Crippen LogP contribution in [0.15, 0.2) is 12.7 Å². The van der Waals surface area contributed by atoms with Crippen LogP contribution in [0.4, 0.5) is 0 Å². The fraction of sp³-hybridized carbons (Fsp3) is 0.667. The van der Waals surface area contributed by atoms with Gasteiger partial charge in [0.15, 0.2) is 0 Å². The molecule has 0 aliphatic rings. The van der Waals surface area contributed by atoms with Gasteiger partial charge in [0.1, 0.15) is 6.73 Å². The molecular weight excluding hydrogens is 168 g/mol. The largest absolute Gasteiger partial charge is 0.446 e. The number of rotatable bonds is 3. The van der Waals surface area contributed by atoms with Crippen molar-refractivity contribution in [2.75, 3.05) is 42.0 Å². The van der Waals surface area contributed by atoms with E-state index in [2.05, 4.69) is 11.3 Å². The van der Waals surface area contributed by atoms with Gasteiger partial charge in [-0.15, -0.1) is 0 Å². The van der Waals surface area contributed by atoms with Gasteiger partial charge in [-0.25, -0.2) is 4.79 Å². The molecule has 0 aromatic rings. The molecule has 13 heavy (non-hydrogen) atoms. The molecule has 78 valence electrons. The molecule has 0 unspecified atom stereocenters. The summed E-state index contributed by atoms with van der Waals surface area (Å²) in [5.74, 6) is -0.385. The fourth-order valence-corrected chi connectivity index (χ4v) is 0.252. The minimum absolute atomic E-state index is 0.310. The van der Waals surface area contributed by atoms with Crippen LogP contribution in [0.25, 0.3) is 0 Å². The molecule has 0 aliphatic heterocycles. The van der Waals surface area contributed by atoms with Gasteiger partial charge >= 0.3 is 5.97 Å². The highest BCUT2D eigenvalue weighted by atomic mass is 16.5. The third-order valence-electron chi connectivity index (χ3n) is 0.632. The van der Waals surface area contributed by atoms with Crippen LogP contribution in [0.5, 0.6) is 0 Å². The summed E-state index contributed by atoms with van der Waals surface area (Å²) in [5.41, 5.74) is 0. The maximum atomic E-state index is 10.3. The van der Waals surface area contributed by atoms with Gasteiger partial charge in [-0.2, -0.15) is 0 Å². The number of carbonyl (C=O) groups excluding carboxylic acids is 1. The second-order valence-electron chi connectivity index (χ2n) is 3.22. The molecule has 0 aromatic heterocycles. The lowest BCUT2D eigenvalue weighted by atomic mass is 10.7. The maximum absolute atomic E-state index is 10.3. The van der Waals surface area contributed by atoms with Crippen molar-refractivity contribution in [2.45, 2.75) is 0 Å². The van der Waals surface area contributed by atoms with E-state index in [0.29, 0.717) is 6.73 Å². The van der Waals surface area contributed by atoms with Crippen molar-refractivity contribution < 1.29 is 9.53 Å². The molecule has 0 heterocycles. The molecule has 0 aliphatic carbocycles.